The Balaban J connectivity index is 1.51. The van der Waals surface area contributed by atoms with Crippen LogP contribution in [0.2, 0.25) is 0 Å². The molecule has 2 amide bonds. The Morgan fingerprint density at radius 2 is 2.12 bits per heavy atom. The van der Waals surface area contributed by atoms with Gasteiger partial charge in [0, 0.05) is 0 Å². The highest BCUT2D eigenvalue weighted by Crippen LogP contribution is 2.32. The lowest BCUT2D eigenvalue weighted by atomic mass is 10.2. The van der Waals surface area contributed by atoms with Gasteiger partial charge in [0.05, 0.1) is 22.9 Å². The van der Waals surface area contributed by atoms with Crippen molar-refractivity contribution in [2.45, 2.75) is 17.4 Å². The molecule has 0 fully saturated rings. The molecule has 1 aliphatic rings. The highest BCUT2D eigenvalue weighted by Gasteiger charge is 2.31. The Labute approximate surface area is 152 Å². The monoisotopic (exact) mass is 370 g/mol. The van der Waals surface area contributed by atoms with E-state index in [-0.39, 0.29) is 29.5 Å². The lowest BCUT2D eigenvalue weighted by Crippen LogP contribution is -2.45. The Morgan fingerprint density at radius 1 is 1.27 bits per heavy atom. The number of furan rings is 1. The summed E-state index contributed by atoms with van der Waals surface area (Å²) in [4.78, 5) is 26.2. The standard InChI is InChI=1S/C17H14N4O4S/c1-10(26-17-20-19-15(25-17)13-7-4-8-24-13)16(23)21-9-14(22)18-11-5-2-3-6-12(11)21/h2-8,10H,9H2,1H3,(H,18,22)/t10-/m0/s1. The van der Waals surface area contributed by atoms with Crippen molar-refractivity contribution >= 4 is 35.0 Å². The van der Waals surface area contributed by atoms with Gasteiger partial charge in [-0.15, -0.1) is 10.2 Å². The molecule has 26 heavy (non-hydrogen) atoms. The van der Waals surface area contributed by atoms with Crippen LogP contribution >= 0.6 is 11.8 Å². The number of aromatic nitrogens is 2. The van der Waals surface area contributed by atoms with Crippen molar-refractivity contribution < 1.29 is 18.4 Å². The average Bonchev–Trinajstić information content (AvgIpc) is 3.31. The number of para-hydroxylation sites is 2. The van der Waals surface area contributed by atoms with Crippen molar-refractivity contribution in [3.8, 4) is 11.7 Å². The summed E-state index contributed by atoms with van der Waals surface area (Å²) in [6, 6.07) is 10.6. The van der Waals surface area contributed by atoms with Crippen molar-refractivity contribution in [3.05, 3.63) is 42.7 Å². The van der Waals surface area contributed by atoms with Crippen molar-refractivity contribution in [3.63, 3.8) is 0 Å². The topological polar surface area (TPSA) is 101 Å². The fourth-order valence-electron chi connectivity index (χ4n) is 2.61. The van der Waals surface area contributed by atoms with Crippen molar-refractivity contribution in [1.29, 1.82) is 0 Å². The number of rotatable bonds is 4. The molecule has 2 aromatic heterocycles. The molecule has 1 atom stereocenters. The quantitative estimate of drug-likeness (QED) is 0.705. The molecule has 1 aromatic carbocycles. The Bertz CT molecular complexity index is 953. The number of benzene rings is 1. The van der Waals surface area contributed by atoms with Gasteiger partial charge in [0.2, 0.25) is 11.8 Å². The van der Waals surface area contributed by atoms with Crippen LogP contribution in [-0.4, -0.2) is 33.8 Å². The summed E-state index contributed by atoms with van der Waals surface area (Å²) < 4.78 is 10.7. The molecule has 0 saturated heterocycles. The van der Waals surface area contributed by atoms with Crippen molar-refractivity contribution in [2.24, 2.45) is 0 Å². The first-order valence-corrected chi connectivity index (χ1v) is 8.74. The molecular weight excluding hydrogens is 356 g/mol. The van der Waals surface area contributed by atoms with Crippen molar-refractivity contribution in [1.82, 2.24) is 10.2 Å². The number of amides is 2. The van der Waals surface area contributed by atoms with E-state index < -0.39 is 5.25 Å². The summed E-state index contributed by atoms with van der Waals surface area (Å²) in [5, 5.41) is 10.3. The molecule has 0 unspecified atom stereocenters. The molecule has 0 radical (unpaired) electrons. The van der Waals surface area contributed by atoms with Crippen LogP contribution in [0.4, 0.5) is 11.4 Å². The predicted octanol–water partition coefficient (Wildman–Crippen LogP) is 2.80. The second-order valence-electron chi connectivity index (χ2n) is 5.60. The number of hydrogen-bond acceptors (Lipinski definition) is 7. The van der Waals surface area contributed by atoms with E-state index in [1.54, 1.807) is 37.3 Å². The maximum atomic E-state index is 12.9. The Morgan fingerprint density at radius 3 is 2.92 bits per heavy atom. The van der Waals surface area contributed by atoms with Gasteiger partial charge in [-0.1, -0.05) is 23.9 Å². The lowest BCUT2D eigenvalue weighted by Gasteiger charge is -2.30. The van der Waals surface area contributed by atoms with Crippen LogP contribution in [0.3, 0.4) is 0 Å². The number of nitrogens with zero attached hydrogens (tertiary/aromatic N) is 3. The first-order valence-electron chi connectivity index (χ1n) is 7.86. The molecule has 1 aliphatic heterocycles. The molecule has 4 rings (SSSR count). The third kappa shape index (κ3) is 3.08. The maximum absolute atomic E-state index is 12.9. The van der Waals surface area contributed by atoms with Crippen LogP contribution in [-0.2, 0) is 9.59 Å². The summed E-state index contributed by atoms with van der Waals surface area (Å²) >= 11 is 1.13. The summed E-state index contributed by atoms with van der Waals surface area (Å²) in [5.41, 5.74) is 1.29. The van der Waals surface area contributed by atoms with Crippen LogP contribution in [0.1, 0.15) is 6.92 Å². The van der Waals surface area contributed by atoms with E-state index in [4.69, 9.17) is 8.83 Å². The van der Waals surface area contributed by atoms with E-state index in [0.717, 1.165) is 11.8 Å². The minimum Gasteiger partial charge on any atom is -0.459 e. The van der Waals surface area contributed by atoms with Crippen LogP contribution < -0.4 is 10.2 Å². The van der Waals surface area contributed by atoms with Gasteiger partial charge >= 0.3 is 0 Å². The fourth-order valence-corrected chi connectivity index (χ4v) is 3.35. The molecule has 0 saturated carbocycles. The van der Waals surface area contributed by atoms with Gasteiger partial charge in [-0.2, -0.15) is 0 Å². The predicted molar refractivity (Wildman–Crippen MR) is 94.7 cm³/mol. The first-order chi connectivity index (χ1) is 12.6. The van der Waals surface area contributed by atoms with Gasteiger partial charge in [-0.3, -0.25) is 14.5 Å². The SMILES string of the molecule is C[C@H](Sc1nnc(-c2ccco2)o1)C(=O)N1CC(=O)Nc2ccccc21. The number of carbonyl (C=O) groups excluding carboxylic acids is 2. The Hall–Kier alpha value is -3.07. The van der Waals surface area contributed by atoms with E-state index in [2.05, 4.69) is 15.5 Å². The number of thioether (sulfide) groups is 1. The van der Waals surface area contributed by atoms with Gasteiger partial charge in [-0.05, 0) is 31.2 Å². The molecule has 132 valence electrons. The Kier molecular flexibility index (Phi) is 4.21. The van der Waals surface area contributed by atoms with Gasteiger partial charge in [0.15, 0.2) is 5.76 Å². The molecular formula is C17H14N4O4S. The number of carbonyl (C=O) groups is 2. The summed E-state index contributed by atoms with van der Waals surface area (Å²) in [6.07, 6.45) is 1.51. The highest BCUT2D eigenvalue weighted by molar-refractivity contribution is 8.00. The molecule has 0 bridgehead atoms. The number of hydrogen-bond donors (Lipinski definition) is 1. The molecule has 3 heterocycles. The zero-order valence-electron chi connectivity index (χ0n) is 13.7. The van der Waals surface area contributed by atoms with E-state index in [9.17, 15) is 9.59 Å². The first kappa shape index (κ1) is 16.4. The van der Waals surface area contributed by atoms with E-state index in [1.165, 1.54) is 11.2 Å². The zero-order valence-corrected chi connectivity index (χ0v) is 14.5. The summed E-state index contributed by atoms with van der Waals surface area (Å²) in [5.74, 6) is 0.270. The minimum atomic E-state index is -0.515. The third-order valence-corrected chi connectivity index (χ3v) is 4.72. The molecule has 0 aliphatic carbocycles. The van der Waals surface area contributed by atoms with Gasteiger partial charge in [0.25, 0.3) is 11.1 Å². The molecule has 8 nitrogen and oxygen atoms in total. The van der Waals surface area contributed by atoms with Crippen LogP contribution in [0.25, 0.3) is 11.7 Å². The normalized spacial score (nSPS) is 14.7. The fraction of sp³-hybridized carbons (Fsp3) is 0.176. The van der Waals surface area contributed by atoms with E-state index >= 15 is 0 Å². The number of nitrogens with one attached hydrogen (secondary N) is 1. The van der Waals surface area contributed by atoms with Crippen LogP contribution in [0.5, 0.6) is 0 Å². The summed E-state index contributed by atoms with van der Waals surface area (Å²) in [6.45, 7) is 1.71. The largest absolute Gasteiger partial charge is 0.459 e. The van der Waals surface area contributed by atoms with Crippen LogP contribution in [0, 0.1) is 0 Å². The van der Waals surface area contributed by atoms with Gasteiger partial charge in [0.1, 0.15) is 6.54 Å². The van der Waals surface area contributed by atoms with Crippen molar-refractivity contribution in [2.75, 3.05) is 16.8 Å². The maximum Gasteiger partial charge on any atom is 0.284 e. The van der Waals surface area contributed by atoms with E-state index in [0.29, 0.717) is 17.1 Å². The van der Waals surface area contributed by atoms with Gasteiger partial charge < -0.3 is 14.2 Å². The minimum absolute atomic E-state index is 0.0256. The smallest absolute Gasteiger partial charge is 0.284 e. The highest BCUT2D eigenvalue weighted by atomic mass is 32.2. The molecule has 9 heteroatoms. The average molecular weight is 370 g/mol. The van der Waals surface area contributed by atoms with E-state index in [1.807, 2.05) is 6.07 Å². The molecule has 1 N–H and O–H groups in total. The molecule has 0 spiro atoms. The number of anilines is 2. The second kappa shape index (κ2) is 6.68. The number of fused-ring (bicyclic) bond motifs is 1. The second-order valence-corrected chi connectivity index (χ2v) is 6.89. The summed E-state index contributed by atoms with van der Waals surface area (Å²) in [7, 11) is 0. The zero-order chi connectivity index (χ0) is 18.1. The molecule has 3 aromatic rings. The van der Waals surface area contributed by atoms with Crippen LogP contribution in [0.15, 0.2) is 56.7 Å². The lowest BCUT2D eigenvalue weighted by molar-refractivity contribution is -0.121. The third-order valence-electron chi connectivity index (χ3n) is 3.80. The van der Waals surface area contributed by atoms with Gasteiger partial charge in [-0.25, -0.2) is 0 Å².